The van der Waals surface area contributed by atoms with Crippen LogP contribution >= 0.6 is 35.7 Å². The van der Waals surface area contributed by atoms with Crippen LogP contribution in [0.1, 0.15) is 23.9 Å². The number of hydrogen-bond acceptors (Lipinski definition) is 4. The van der Waals surface area contributed by atoms with E-state index in [-0.39, 0.29) is 18.3 Å². The molecular weight excluding hydrogens is 336 g/mol. The lowest BCUT2D eigenvalue weighted by molar-refractivity contribution is -0.125. The van der Waals surface area contributed by atoms with Gasteiger partial charge in [-0.15, -0.1) is 23.7 Å². The second kappa shape index (κ2) is 7.31. The zero-order valence-corrected chi connectivity index (χ0v) is 14.9. The van der Waals surface area contributed by atoms with Crippen molar-refractivity contribution in [3.63, 3.8) is 0 Å². The Hall–Kier alpha value is -1.30. The molecule has 2 heterocycles. The summed E-state index contributed by atoms with van der Waals surface area (Å²) < 4.78 is 1.83. The summed E-state index contributed by atoms with van der Waals surface area (Å²) in [5, 5.41) is 3.15. The molecule has 1 aromatic carbocycles. The van der Waals surface area contributed by atoms with Crippen LogP contribution in [0.5, 0.6) is 0 Å². The monoisotopic (exact) mass is 352 g/mol. The molecular formula is C16H17ClN2OS2. The molecule has 6 heteroatoms. The molecule has 1 aliphatic heterocycles. The van der Waals surface area contributed by atoms with Crippen LogP contribution in [0.25, 0.3) is 11.3 Å². The maximum absolute atomic E-state index is 11.9. The Morgan fingerprint density at radius 1 is 1.23 bits per heavy atom. The highest BCUT2D eigenvalue weighted by Gasteiger charge is 2.18. The Kier molecular flexibility index (Phi) is 5.67. The number of halogens is 1. The van der Waals surface area contributed by atoms with Crippen molar-refractivity contribution in [2.24, 2.45) is 0 Å². The predicted octanol–water partition coefficient (Wildman–Crippen LogP) is 4.82. The minimum atomic E-state index is 0. The molecule has 22 heavy (non-hydrogen) atoms. The summed E-state index contributed by atoms with van der Waals surface area (Å²) >= 11 is 3.19. The number of benzene rings is 1. The van der Waals surface area contributed by atoms with E-state index in [9.17, 15) is 4.79 Å². The van der Waals surface area contributed by atoms with Crippen molar-refractivity contribution in [2.75, 3.05) is 0 Å². The number of aryl methyl sites for hydroxylation is 1. The van der Waals surface area contributed by atoms with Crippen LogP contribution in [-0.2, 0) is 11.3 Å². The Bertz CT molecular complexity index is 694. The van der Waals surface area contributed by atoms with Crippen LogP contribution in [0.2, 0.25) is 0 Å². The normalized spacial score (nSPS) is 14.5. The number of allylic oxidation sites excluding steroid dienone is 1. The van der Waals surface area contributed by atoms with Crippen molar-refractivity contribution < 1.29 is 4.79 Å². The summed E-state index contributed by atoms with van der Waals surface area (Å²) in [6.07, 6.45) is 2.49. The third-order valence-corrected chi connectivity index (χ3v) is 5.07. The average molecular weight is 353 g/mol. The summed E-state index contributed by atoms with van der Waals surface area (Å²) in [5.41, 5.74) is 3.28. The summed E-state index contributed by atoms with van der Waals surface area (Å²) in [5.74, 6) is 0.171. The molecule has 0 saturated heterocycles. The first-order valence-corrected chi connectivity index (χ1v) is 8.43. The maximum Gasteiger partial charge on any atom is 0.236 e. The summed E-state index contributed by atoms with van der Waals surface area (Å²) in [7, 11) is 0. The van der Waals surface area contributed by atoms with E-state index in [2.05, 4.69) is 34.6 Å². The van der Waals surface area contributed by atoms with E-state index >= 15 is 0 Å². The van der Waals surface area contributed by atoms with Gasteiger partial charge in [0.25, 0.3) is 0 Å². The van der Waals surface area contributed by atoms with Gasteiger partial charge in [-0.1, -0.05) is 30.3 Å². The Morgan fingerprint density at radius 3 is 2.59 bits per heavy atom. The van der Waals surface area contributed by atoms with Crippen molar-refractivity contribution >= 4 is 41.6 Å². The SMILES string of the molecule is CC1=CCC(=O)N(Cc2ccc(-c3csc(C)n3)cc2)S1.Cl. The van der Waals surface area contributed by atoms with Crippen LogP contribution in [0.3, 0.4) is 0 Å². The highest BCUT2D eigenvalue weighted by atomic mass is 35.5. The van der Waals surface area contributed by atoms with Crippen LogP contribution in [0, 0.1) is 6.92 Å². The fourth-order valence-corrected chi connectivity index (χ4v) is 3.68. The number of amides is 1. The molecule has 0 fully saturated rings. The molecule has 1 aromatic heterocycles. The van der Waals surface area contributed by atoms with Gasteiger partial charge in [-0.05, 0) is 36.3 Å². The van der Waals surface area contributed by atoms with Crippen molar-refractivity contribution in [1.29, 1.82) is 0 Å². The number of carbonyl (C=O) groups excluding carboxylic acids is 1. The fourth-order valence-electron chi connectivity index (χ4n) is 2.16. The Balaban J connectivity index is 0.00000176. The number of hydrogen-bond donors (Lipinski definition) is 0. The van der Waals surface area contributed by atoms with Gasteiger partial charge in [0.05, 0.1) is 17.2 Å². The van der Waals surface area contributed by atoms with Crippen molar-refractivity contribution in [2.45, 2.75) is 26.8 Å². The Labute approximate surface area is 145 Å². The van der Waals surface area contributed by atoms with E-state index in [1.165, 1.54) is 16.9 Å². The van der Waals surface area contributed by atoms with Gasteiger partial charge in [-0.25, -0.2) is 4.98 Å². The number of aromatic nitrogens is 1. The minimum absolute atomic E-state index is 0. The van der Waals surface area contributed by atoms with Gasteiger partial charge in [0, 0.05) is 17.4 Å². The number of nitrogens with zero attached hydrogens (tertiary/aromatic N) is 2. The lowest BCUT2D eigenvalue weighted by Gasteiger charge is -2.24. The van der Waals surface area contributed by atoms with Crippen LogP contribution in [0.4, 0.5) is 0 Å². The van der Waals surface area contributed by atoms with E-state index in [1.54, 1.807) is 11.3 Å². The quantitative estimate of drug-likeness (QED) is 0.742. The highest BCUT2D eigenvalue weighted by Crippen LogP contribution is 2.29. The third kappa shape index (κ3) is 3.91. The standard InChI is InChI=1S/C16H16N2OS2.ClH/c1-11-3-8-16(19)18(21-11)9-13-4-6-14(7-5-13)15-10-20-12(2)17-15;/h3-7,10H,8-9H2,1-2H3;1H. The van der Waals surface area contributed by atoms with Crippen molar-refractivity contribution in [1.82, 2.24) is 9.29 Å². The van der Waals surface area contributed by atoms with Gasteiger partial charge in [0.1, 0.15) is 0 Å². The van der Waals surface area contributed by atoms with Crippen molar-refractivity contribution in [3.8, 4) is 11.3 Å². The van der Waals surface area contributed by atoms with Gasteiger partial charge >= 0.3 is 0 Å². The van der Waals surface area contributed by atoms with Crippen molar-refractivity contribution in [3.05, 3.63) is 51.2 Å². The highest BCUT2D eigenvalue weighted by molar-refractivity contribution is 8.01. The Morgan fingerprint density at radius 2 is 1.95 bits per heavy atom. The smallest absolute Gasteiger partial charge is 0.236 e. The maximum atomic E-state index is 11.9. The first-order chi connectivity index (χ1) is 10.1. The zero-order valence-electron chi connectivity index (χ0n) is 12.4. The molecule has 0 aliphatic carbocycles. The first-order valence-electron chi connectivity index (χ1n) is 6.78. The fraction of sp³-hybridized carbons (Fsp3) is 0.250. The van der Waals surface area contributed by atoms with Crippen LogP contribution in [0.15, 0.2) is 40.6 Å². The van der Waals surface area contributed by atoms with E-state index in [1.807, 2.05) is 24.2 Å². The molecule has 3 nitrogen and oxygen atoms in total. The van der Waals surface area contributed by atoms with E-state index in [0.29, 0.717) is 13.0 Å². The van der Waals surface area contributed by atoms with E-state index in [4.69, 9.17) is 0 Å². The van der Waals surface area contributed by atoms with E-state index < -0.39 is 0 Å². The topological polar surface area (TPSA) is 33.2 Å². The molecule has 0 N–H and O–H groups in total. The molecule has 0 bridgehead atoms. The lowest BCUT2D eigenvalue weighted by atomic mass is 10.1. The number of rotatable bonds is 3. The zero-order chi connectivity index (χ0) is 14.8. The largest absolute Gasteiger partial charge is 0.278 e. The molecule has 116 valence electrons. The minimum Gasteiger partial charge on any atom is -0.278 e. The predicted molar refractivity (Wildman–Crippen MR) is 96.1 cm³/mol. The summed E-state index contributed by atoms with van der Waals surface area (Å²) in [4.78, 5) is 17.6. The molecule has 0 atom stereocenters. The van der Waals surface area contributed by atoms with Gasteiger partial charge in [0.2, 0.25) is 5.91 Å². The van der Waals surface area contributed by atoms with Gasteiger partial charge < -0.3 is 0 Å². The van der Waals surface area contributed by atoms with E-state index in [0.717, 1.165) is 21.8 Å². The lowest BCUT2D eigenvalue weighted by Crippen LogP contribution is -2.25. The van der Waals surface area contributed by atoms with Gasteiger partial charge in [-0.2, -0.15) is 0 Å². The van der Waals surface area contributed by atoms with Gasteiger partial charge in [0.15, 0.2) is 0 Å². The summed E-state index contributed by atoms with van der Waals surface area (Å²) in [6, 6.07) is 8.30. The first kappa shape index (κ1) is 17.1. The second-order valence-corrected chi connectivity index (χ2v) is 7.32. The molecule has 0 unspecified atom stereocenters. The molecule has 1 aliphatic rings. The molecule has 0 radical (unpaired) electrons. The van der Waals surface area contributed by atoms with Gasteiger partial charge in [-0.3, -0.25) is 9.10 Å². The van der Waals surface area contributed by atoms with Crippen LogP contribution in [-0.4, -0.2) is 15.2 Å². The second-order valence-electron chi connectivity index (χ2n) is 4.99. The summed E-state index contributed by atoms with van der Waals surface area (Å²) in [6.45, 7) is 4.69. The molecule has 1 amide bonds. The molecule has 0 saturated carbocycles. The molecule has 2 aromatic rings. The molecule has 0 spiro atoms. The third-order valence-electron chi connectivity index (χ3n) is 3.29. The number of thiazole rings is 1. The average Bonchev–Trinajstić information content (AvgIpc) is 2.90. The number of carbonyl (C=O) groups is 1. The van der Waals surface area contributed by atoms with Crippen LogP contribution < -0.4 is 0 Å². The molecule has 3 rings (SSSR count).